The molecule has 4 aromatic carbocycles. The van der Waals surface area contributed by atoms with Gasteiger partial charge in [0.2, 0.25) is 9.84 Å². The van der Waals surface area contributed by atoms with Crippen molar-refractivity contribution in [1.29, 1.82) is 10.5 Å². The molecule has 0 spiro atoms. The van der Waals surface area contributed by atoms with Gasteiger partial charge in [-0.05, 0) is 149 Å². The van der Waals surface area contributed by atoms with Crippen LogP contribution in [0.4, 0.5) is 11.4 Å². The van der Waals surface area contributed by atoms with Crippen LogP contribution in [0.5, 0.6) is 0 Å². The summed E-state index contributed by atoms with van der Waals surface area (Å²) >= 11 is 0. The molecule has 0 aliphatic heterocycles. The number of ether oxygens (including phenoxy) is 2. The molecule has 0 atom stereocenters. The third-order valence-corrected chi connectivity index (χ3v) is 12.4. The fraction of sp³-hybridized carbons (Fsp3) is 0.360. The zero-order valence-corrected chi connectivity index (χ0v) is 37.1. The van der Waals surface area contributed by atoms with E-state index in [-0.39, 0.29) is 22.1 Å². The summed E-state index contributed by atoms with van der Waals surface area (Å²) in [6.45, 7) is 10.4. The van der Waals surface area contributed by atoms with Crippen LogP contribution < -0.4 is 9.80 Å². The summed E-state index contributed by atoms with van der Waals surface area (Å²) in [6, 6.07) is 34.4. The van der Waals surface area contributed by atoms with Gasteiger partial charge in [0.05, 0.1) is 24.0 Å². The van der Waals surface area contributed by atoms with E-state index in [9.17, 15) is 28.5 Å². The predicted octanol–water partition coefficient (Wildman–Crippen LogP) is 9.93. The van der Waals surface area contributed by atoms with Crippen LogP contribution in [0.25, 0.3) is 12.2 Å². The molecule has 10 nitrogen and oxygen atoms in total. The summed E-state index contributed by atoms with van der Waals surface area (Å²) in [5, 5.41) is 18.5. The lowest BCUT2D eigenvalue weighted by molar-refractivity contribution is -0.136. The molecule has 0 aliphatic rings. The molecule has 4 rings (SSSR count). The Balaban J connectivity index is 1.20. The van der Waals surface area contributed by atoms with Crippen molar-refractivity contribution in [3.05, 3.63) is 130 Å². The van der Waals surface area contributed by atoms with Crippen LogP contribution in [0.15, 0.2) is 118 Å². The van der Waals surface area contributed by atoms with Crippen molar-refractivity contribution in [2.24, 2.45) is 0 Å². The number of benzene rings is 4. The topological polar surface area (TPSA) is 141 Å². The number of esters is 2. The first-order chi connectivity index (χ1) is 29.3. The van der Waals surface area contributed by atoms with Gasteiger partial charge in [0.25, 0.3) is 0 Å². The highest BCUT2D eigenvalue weighted by atomic mass is 32.2. The number of unbranched alkanes of at least 4 members (excludes halogenated alkanes) is 4. The molecule has 0 unspecified atom stereocenters. The van der Waals surface area contributed by atoms with Crippen molar-refractivity contribution in [3.63, 3.8) is 0 Å². The smallest absolute Gasteiger partial charge is 0.348 e. The summed E-state index contributed by atoms with van der Waals surface area (Å²) in [5.41, 5.74) is 5.77. The maximum absolute atomic E-state index is 13.5. The number of rotatable bonds is 22. The molecule has 0 saturated heterocycles. The van der Waals surface area contributed by atoms with Gasteiger partial charge in [-0.1, -0.05) is 61.4 Å². The minimum atomic E-state index is -3.64. The first-order valence-corrected chi connectivity index (χ1v) is 22.4. The maximum atomic E-state index is 13.5. The van der Waals surface area contributed by atoms with Crippen molar-refractivity contribution < 1.29 is 27.5 Å². The van der Waals surface area contributed by atoms with E-state index in [0.717, 1.165) is 98.1 Å². The van der Waals surface area contributed by atoms with Crippen molar-refractivity contribution in [2.75, 3.05) is 37.1 Å². The number of hydrogen-bond donors (Lipinski definition) is 0. The fourth-order valence-electron chi connectivity index (χ4n) is 7.10. The summed E-state index contributed by atoms with van der Waals surface area (Å²) in [4.78, 5) is 28.8. The van der Waals surface area contributed by atoms with Crippen molar-refractivity contribution in [1.82, 2.24) is 0 Å². The van der Waals surface area contributed by atoms with E-state index in [4.69, 9.17) is 0 Å². The minimum absolute atomic E-state index is 0.0398. The van der Waals surface area contributed by atoms with E-state index in [1.165, 1.54) is 26.4 Å². The number of hydrogen-bond acceptors (Lipinski definition) is 10. The lowest BCUT2D eigenvalue weighted by Gasteiger charge is -2.29. The molecule has 0 amide bonds. The minimum Gasteiger partial charge on any atom is -0.465 e. The Kier molecular flexibility index (Phi) is 18.4. The van der Waals surface area contributed by atoms with Gasteiger partial charge in [-0.3, -0.25) is 0 Å². The number of carbonyl (C=O) groups excluding carboxylic acids is 2. The van der Waals surface area contributed by atoms with Gasteiger partial charge in [0.1, 0.15) is 23.3 Å². The first kappa shape index (κ1) is 47.5. The SMILES string of the molecule is COC(=O)/C(C#N)=C/c1ccc(N(CCCCCCc2ccc(S(=O)(=O)c3ccc(CCCCN(c4ccc(/C=C(\C#N)C(=O)OC)cc4)C(C)C)cc3)cc2)C(C)C)cc1. The molecule has 0 aliphatic carbocycles. The maximum Gasteiger partial charge on any atom is 0.348 e. The molecule has 0 fully saturated rings. The van der Waals surface area contributed by atoms with E-state index in [1.54, 1.807) is 24.3 Å². The molecule has 320 valence electrons. The normalized spacial score (nSPS) is 11.8. The molecule has 0 aromatic heterocycles. The fourth-order valence-corrected chi connectivity index (χ4v) is 8.37. The molecule has 0 heterocycles. The standard InChI is InChI=1S/C50H58N4O6S/c1-37(2)53(45-23-15-41(16-24-45)33-43(35-51)49(55)59-5)31-11-8-7-9-13-39-19-27-47(28-20-39)61(57,58)48-29-21-40(22-30-48)14-10-12-32-54(38(3)4)46-25-17-42(18-26-46)34-44(36-52)50(56)60-6/h15-30,33-34,37-38H,7-14,31-32H2,1-6H3/b43-33+,44-34+. The number of anilines is 2. The highest BCUT2D eigenvalue weighted by Gasteiger charge is 2.18. The van der Waals surface area contributed by atoms with Crippen molar-refractivity contribution in [2.45, 2.75) is 101 Å². The van der Waals surface area contributed by atoms with Gasteiger partial charge < -0.3 is 19.3 Å². The van der Waals surface area contributed by atoms with E-state index in [0.29, 0.717) is 10.9 Å². The van der Waals surface area contributed by atoms with E-state index < -0.39 is 21.8 Å². The second-order valence-corrected chi connectivity index (χ2v) is 17.4. The van der Waals surface area contributed by atoms with Crippen LogP contribution in [0.2, 0.25) is 0 Å². The number of sulfone groups is 1. The van der Waals surface area contributed by atoms with Crippen LogP contribution in [0.1, 0.15) is 88.5 Å². The predicted molar refractivity (Wildman–Crippen MR) is 243 cm³/mol. The average molecular weight is 843 g/mol. The van der Waals surface area contributed by atoms with Gasteiger partial charge in [0, 0.05) is 36.5 Å². The Morgan fingerprint density at radius 2 is 0.902 bits per heavy atom. The Morgan fingerprint density at radius 3 is 1.25 bits per heavy atom. The highest BCUT2D eigenvalue weighted by Crippen LogP contribution is 2.25. The third-order valence-electron chi connectivity index (χ3n) is 10.6. The molecule has 11 heteroatoms. The molecule has 61 heavy (non-hydrogen) atoms. The van der Waals surface area contributed by atoms with Crippen LogP contribution in [-0.2, 0) is 41.7 Å². The average Bonchev–Trinajstić information content (AvgIpc) is 3.27. The number of aryl methyl sites for hydroxylation is 2. The summed E-state index contributed by atoms with van der Waals surface area (Å²) < 4.78 is 36.3. The summed E-state index contributed by atoms with van der Waals surface area (Å²) in [5.74, 6) is -1.31. The molecule has 4 aromatic rings. The second kappa shape index (κ2) is 23.6. The lowest BCUT2D eigenvalue weighted by Crippen LogP contribution is -2.31. The molecule has 0 radical (unpaired) electrons. The number of nitrogens with zero attached hydrogens (tertiary/aromatic N) is 4. The zero-order chi connectivity index (χ0) is 44.4. The quantitative estimate of drug-likeness (QED) is 0.0325. The lowest BCUT2D eigenvalue weighted by atomic mass is 10.1. The van der Waals surface area contributed by atoms with E-state index >= 15 is 0 Å². The zero-order valence-electron chi connectivity index (χ0n) is 36.3. The third kappa shape index (κ3) is 13.9. The van der Waals surface area contributed by atoms with Crippen LogP contribution in [0, 0.1) is 22.7 Å². The van der Waals surface area contributed by atoms with Crippen molar-refractivity contribution >= 4 is 45.3 Å². The molecule has 0 bridgehead atoms. The summed E-state index contributed by atoms with van der Waals surface area (Å²) in [7, 11) is -1.13. The monoisotopic (exact) mass is 842 g/mol. The van der Waals surface area contributed by atoms with Crippen LogP contribution in [-0.4, -0.2) is 59.7 Å². The summed E-state index contributed by atoms with van der Waals surface area (Å²) in [6.07, 6.45) is 10.9. The van der Waals surface area contributed by atoms with Gasteiger partial charge in [0.15, 0.2) is 0 Å². The second-order valence-electron chi connectivity index (χ2n) is 15.5. The molecule has 0 N–H and O–H groups in total. The van der Waals surface area contributed by atoms with Crippen LogP contribution in [0.3, 0.4) is 0 Å². The largest absolute Gasteiger partial charge is 0.465 e. The van der Waals surface area contributed by atoms with Gasteiger partial charge in [-0.2, -0.15) is 10.5 Å². The van der Waals surface area contributed by atoms with Crippen LogP contribution >= 0.6 is 0 Å². The van der Waals surface area contributed by atoms with E-state index in [2.05, 4.69) is 47.0 Å². The number of nitriles is 2. The van der Waals surface area contributed by atoms with Crippen molar-refractivity contribution in [3.8, 4) is 12.1 Å². The Morgan fingerprint density at radius 1 is 0.557 bits per heavy atom. The molecular formula is C50H58N4O6S. The molecular weight excluding hydrogens is 785 g/mol. The Labute approximate surface area is 362 Å². The van der Waals surface area contributed by atoms with Gasteiger partial charge in [-0.25, -0.2) is 18.0 Å². The number of methoxy groups -OCH3 is 2. The highest BCUT2D eigenvalue weighted by molar-refractivity contribution is 7.91. The Bertz CT molecular complexity index is 2300. The van der Waals surface area contributed by atoms with Gasteiger partial charge >= 0.3 is 11.9 Å². The van der Waals surface area contributed by atoms with Gasteiger partial charge in [-0.15, -0.1) is 0 Å². The molecule has 0 saturated carbocycles. The first-order valence-electron chi connectivity index (χ1n) is 20.9. The van der Waals surface area contributed by atoms with E-state index in [1.807, 2.05) is 84.9 Å². The number of carbonyl (C=O) groups is 2. The Hall–Kier alpha value is -6.17.